The minimum atomic E-state index is -3.55. The molecule has 1 aromatic rings. The summed E-state index contributed by atoms with van der Waals surface area (Å²) in [5.74, 6) is -0.0764. The smallest absolute Gasteiger partial charge is 0.309 e. The van der Waals surface area contributed by atoms with E-state index in [9.17, 15) is 13.2 Å². The number of nitrogens with zero attached hydrogens (tertiary/aromatic N) is 2. The van der Waals surface area contributed by atoms with Crippen molar-refractivity contribution in [3.05, 3.63) is 17.7 Å². The van der Waals surface area contributed by atoms with E-state index in [0.717, 1.165) is 25.0 Å². The van der Waals surface area contributed by atoms with Crippen LogP contribution >= 0.6 is 0 Å². The zero-order valence-corrected chi connectivity index (χ0v) is 15.0. The highest BCUT2D eigenvalue weighted by atomic mass is 32.2. The standard InChI is InChI=1S/C15H24N2O6S/c1-4-21-15(18)11(2)7-12-8-16-14(10-23-24(3,19)20)17(12)9-13-5-6-22-13/h8,11,13H,4-7,9-10H2,1-3H3/t11?,13-/m0/s1. The van der Waals surface area contributed by atoms with Crippen LogP contribution in [0.4, 0.5) is 0 Å². The number of imidazole rings is 1. The maximum absolute atomic E-state index is 11.8. The van der Waals surface area contributed by atoms with Gasteiger partial charge in [-0.2, -0.15) is 8.42 Å². The van der Waals surface area contributed by atoms with Gasteiger partial charge in [0.15, 0.2) is 0 Å². The van der Waals surface area contributed by atoms with E-state index in [2.05, 4.69) is 4.98 Å². The van der Waals surface area contributed by atoms with E-state index in [0.29, 0.717) is 25.4 Å². The highest BCUT2D eigenvalue weighted by Crippen LogP contribution is 2.19. The number of aromatic nitrogens is 2. The maximum Gasteiger partial charge on any atom is 0.309 e. The first-order valence-corrected chi connectivity index (χ1v) is 9.77. The van der Waals surface area contributed by atoms with Gasteiger partial charge >= 0.3 is 5.97 Å². The molecule has 0 spiro atoms. The van der Waals surface area contributed by atoms with E-state index in [1.807, 2.05) is 4.57 Å². The van der Waals surface area contributed by atoms with Crippen LogP contribution in [0.5, 0.6) is 0 Å². The molecule has 0 radical (unpaired) electrons. The number of ether oxygens (including phenoxy) is 2. The molecule has 2 atom stereocenters. The molecule has 0 aromatic carbocycles. The number of carbonyl (C=O) groups is 1. The molecular formula is C15H24N2O6S. The molecule has 1 aliphatic rings. The van der Waals surface area contributed by atoms with Crippen LogP contribution in [0, 0.1) is 5.92 Å². The molecule has 1 aliphatic heterocycles. The van der Waals surface area contributed by atoms with Gasteiger partial charge in [0, 0.05) is 24.9 Å². The second kappa shape index (κ2) is 8.09. The van der Waals surface area contributed by atoms with Crippen LogP contribution in [-0.4, -0.2) is 49.5 Å². The number of esters is 1. The molecule has 8 nitrogen and oxygen atoms in total. The van der Waals surface area contributed by atoms with E-state index in [-0.39, 0.29) is 24.6 Å². The molecule has 0 aliphatic carbocycles. The van der Waals surface area contributed by atoms with Crippen LogP contribution in [0.25, 0.3) is 0 Å². The van der Waals surface area contributed by atoms with Gasteiger partial charge in [0.05, 0.1) is 31.4 Å². The van der Waals surface area contributed by atoms with Crippen molar-refractivity contribution >= 4 is 16.1 Å². The Balaban J connectivity index is 2.13. The SMILES string of the molecule is CCOC(=O)C(C)Cc1cnc(COS(C)(=O)=O)n1C[C@@H]1CCO1. The van der Waals surface area contributed by atoms with Crippen LogP contribution < -0.4 is 0 Å². The highest BCUT2D eigenvalue weighted by molar-refractivity contribution is 7.85. The maximum atomic E-state index is 11.8. The predicted molar refractivity (Wildman–Crippen MR) is 85.7 cm³/mol. The van der Waals surface area contributed by atoms with Crippen molar-refractivity contribution in [1.82, 2.24) is 9.55 Å². The molecule has 0 N–H and O–H groups in total. The van der Waals surface area contributed by atoms with Gasteiger partial charge < -0.3 is 14.0 Å². The molecule has 0 saturated carbocycles. The van der Waals surface area contributed by atoms with E-state index in [4.69, 9.17) is 13.7 Å². The van der Waals surface area contributed by atoms with Crippen molar-refractivity contribution in [2.24, 2.45) is 5.92 Å². The Kier molecular flexibility index (Phi) is 6.36. The lowest BCUT2D eigenvalue weighted by Gasteiger charge is -2.28. The highest BCUT2D eigenvalue weighted by Gasteiger charge is 2.24. The average Bonchev–Trinajstić information content (AvgIpc) is 2.82. The summed E-state index contributed by atoms with van der Waals surface area (Å²) in [6.07, 6.45) is 4.12. The summed E-state index contributed by atoms with van der Waals surface area (Å²) in [4.78, 5) is 16.1. The topological polar surface area (TPSA) is 96.7 Å². The zero-order chi connectivity index (χ0) is 17.7. The fourth-order valence-corrected chi connectivity index (χ4v) is 2.75. The molecule has 1 aromatic heterocycles. The van der Waals surface area contributed by atoms with E-state index in [1.54, 1.807) is 20.0 Å². The minimum Gasteiger partial charge on any atom is -0.466 e. The van der Waals surface area contributed by atoms with Crippen LogP contribution in [0.2, 0.25) is 0 Å². The first-order chi connectivity index (χ1) is 11.3. The van der Waals surface area contributed by atoms with Crippen molar-refractivity contribution in [2.45, 2.75) is 45.9 Å². The van der Waals surface area contributed by atoms with Gasteiger partial charge in [-0.15, -0.1) is 0 Å². The normalized spacial score (nSPS) is 18.9. The summed E-state index contributed by atoms with van der Waals surface area (Å²) < 4.78 is 39.6. The number of hydrogen-bond donors (Lipinski definition) is 0. The second-order valence-corrected chi connectivity index (χ2v) is 7.53. The Bertz CT molecular complexity index is 666. The fourth-order valence-electron chi connectivity index (χ4n) is 2.43. The summed E-state index contributed by atoms with van der Waals surface area (Å²) in [6, 6.07) is 0. The van der Waals surface area contributed by atoms with Crippen molar-refractivity contribution in [3.8, 4) is 0 Å². The van der Waals surface area contributed by atoms with E-state index >= 15 is 0 Å². The number of carbonyl (C=O) groups excluding carboxylic acids is 1. The number of rotatable bonds is 9. The lowest BCUT2D eigenvalue weighted by molar-refractivity contribution is -0.147. The molecule has 0 amide bonds. The van der Waals surface area contributed by atoms with E-state index in [1.165, 1.54) is 0 Å². The quantitative estimate of drug-likeness (QED) is 0.476. The third-order valence-corrected chi connectivity index (χ3v) is 4.35. The summed E-state index contributed by atoms with van der Waals surface area (Å²) in [5, 5.41) is 0. The van der Waals surface area contributed by atoms with Crippen molar-refractivity contribution in [3.63, 3.8) is 0 Å². The van der Waals surface area contributed by atoms with Crippen LogP contribution in [0.15, 0.2) is 6.20 Å². The Morgan fingerprint density at radius 2 is 2.25 bits per heavy atom. The molecule has 9 heteroatoms. The molecule has 1 unspecified atom stereocenters. The molecule has 1 saturated heterocycles. The molecular weight excluding hydrogens is 336 g/mol. The molecule has 136 valence electrons. The van der Waals surface area contributed by atoms with Gasteiger partial charge in [0.2, 0.25) is 0 Å². The summed E-state index contributed by atoms with van der Waals surface area (Å²) in [5.41, 5.74) is 0.832. The number of hydrogen-bond acceptors (Lipinski definition) is 7. The fraction of sp³-hybridized carbons (Fsp3) is 0.733. The molecule has 2 rings (SSSR count). The zero-order valence-electron chi connectivity index (χ0n) is 14.2. The van der Waals surface area contributed by atoms with Gasteiger partial charge in [-0.3, -0.25) is 8.98 Å². The Morgan fingerprint density at radius 1 is 1.54 bits per heavy atom. The van der Waals surface area contributed by atoms with Gasteiger partial charge in [-0.1, -0.05) is 6.92 Å². The third kappa shape index (κ3) is 5.29. The third-order valence-electron chi connectivity index (χ3n) is 3.81. The van der Waals surface area contributed by atoms with Gasteiger partial charge in [-0.25, -0.2) is 4.98 Å². The lowest BCUT2D eigenvalue weighted by Crippen LogP contribution is -2.33. The molecule has 0 bridgehead atoms. The van der Waals surface area contributed by atoms with Crippen molar-refractivity contribution in [1.29, 1.82) is 0 Å². The van der Waals surface area contributed by atoms with Gasteiger partial charge in [-0.05, 0) is 13.3 Å². The minimum absolute atomic E-state index is 0.0767. The molecule has 1 fully saturated rings. The van der Waals surface area contributed by atoms with E-state index < -0.39 is 10.1 Å². The largest absolute Gasteiger partial charge is 0.466 e. The first kappa shape index (κ1) is 18.9. The molecule has 24 heavy (non-hydrogen) atoms. The average molecular weight is 360 g/mol. The summed E-state index contributed by atoms with van der Waals surface area (Å²) in [6.45, 7) is 5.05. The van der Waals surface area contributed by atoms with Crippen molar-refractivity contribution < 1.29 is 26.9 Å². The summed E-state index contributed by atoms with van der Waals surface area (Å²) >= 11 is 0. The van der Waals surface area contributed by atoms with Crippen LogP contribution in [0.1, 0.15) is 31.8 Å². The van der Waals surface area contributed by atoms with Crippen molar-refractivity contribution in [2.75, 3.05) is 19.5 Å². The Labute approximate surface area is 142 Å². The first-order valence-electron chi connectivity index (χ1n) is 7.96. The van der Waals surface area contributed by atoms with Gasteiger partial charge in [0.1, 0.15) is 12.4 Å². The Hall–Kier alpha value is -1.45. The second-order valence-electron chi connectivity index (χ2n) is 5.88. The lowest BCUT2D eigenvalue weighted by atomic mass is 10.1. The van der Waals surface area contributed by atoms with Gasteiger partial charge in [0.25, 0.3) is 10.1 Å². The van der Waals surface area contributed by atoms with Crippen LogP contribution in [0.3, 0.4) is 0 Å². The van der Waals surface area contributed by atoms with Crippen LogP contribution in [-0.2, 0) is 48.1 Å². The molecule has 2 heterocycles. The Morgan fingerprint density at radius 3 is 2.79 bits per heavy atom. The predicted octanol–water partition coefficient (Wildman–Crippen LogP) is 0.890. The monoisotopic (exact) mass is 360 g/mol. The summed E-state index contributed by atoms with van der Waals surface area (Å²) in [7, 11) is -3.55.